The fourth-order valence-corrected chi connectivity index (χ4v) is 23.3. The van der Waals surface area contributed by atoms with Crippen molar-refractivity contribution in [2.45, 2.75) is 0 Å². The van der Waals surface area contributed by atoms with E-state index in [4.69, 9.17) is 34.3 Å². The predicted octanol–water partition coefficient (Wildman–Crippen LogP) is 37.0. The van der Waals surface area contributed by atoms with Crippen LogP contribution in [0.1, 0.15) is 0 Å². The summed E-state index contributed by atoms with van der Waals surface area (Å²) in [7, 11) is 0. The van der Waals surface area contributed by atoms with E-state index >= 15 is 0 Å². The van der Waals surface area contributed by atoms with Crippen molar-refractivity contribution in [3.63, 3.8) is 0 Å². The van der Waals surface area contributed by atoms with Crippen molar-refractivity contribution in [1.82, 2.24) is 34.5 Å². The summed E-state index contributed by atoms with van der Waals surface area (Å²) in [5.74, 6) is 0. The molecule has 24 aromatic carbocycles. The third-order valence-electron chi connectivity index (χ3n) is 29.0. The molecule has 0 aliphatic heterocycles. The molecule has 9 heteroatoms. The summed E-state index contributed by atoms with van der Waals surface area (Å²) in [6.45, 7) is 0. The zero-order valence-corrected chi connectivity index (χ0v) is 79.2. The lowest BCUT2D eigenvalue weighted by Gasteiger charge is -2.12. The van der Waals surface area contributed by atoms with Gasteiger partial charge in [-0.1, -0.05) is 394 Å². The number of benzene rings is 24. The molecule has 0 fully saturated rings. The topological polar surface area (TPSA) is 95.4 Å². The molecule has 0 aliphatic carbocycles. The first-order valence-electron chi connectivity index (χ1n) is 49.1. The Labute approximate surface area is 837 Å². The number of aromatic nitrogens is 7. The fourth-order valence-electron chi connectivity index (χ4n) is 22.1. The summed E-state index contributed by atoms with van der Waals surface area (Å²) < 4.78 is 11.5. The largest absolute Gasteiger partial charge is 0.455 e. The normalized spacial score (nSPS) is 11.7. The Hall–Kier alpha value is -19.1. The smallest absolute Gasteiger partial charge is 0.143 e. The molecule has 0 saturated heterocycles. The highest BCUT2D eigenvalue weighted by atomic mass is 32.1. The summed E-state index contributed by atoms with van der Waals surface area (Å²) in [5.41, 5.74) is 33.2. The molecule has 0 saturated carbocycles. The zero-order valence-electron chi connectivity index (χ0n) is 78.4. The van der Waals surface area contributed by atoms with E-state index < -0.39 is 0 Å². The van der Waals surface area contributed by atoms with Crippen LogP contribution < -0.4 is 0 Å². The first-order chi connectivity index (χ1) is 71.9. The summed E-state index contributed by atoms with van der Waals surface area (Å²) in [6, 6.07) is 173. The minimum atomic E-state index is 0.857. The quantitative estimate of drug-likeness (QED) is 0.119. The maximum atomic E-state index is 6.55. The number of hydrogen-bond donors (Lipinski definition) is 0. The number of fused-ring (bicyclic) bond motifs is 29. The van der Waals surface area contributed by atoms with Crippen molar-refractivity contribution in [1.29, 1.82) is 0 Å². The monoisotopic (exact) mass is 1860 g/mol. The Morgan fingerprint density at radius 1 is 0.193 bits per heavy atom. The molecule has 0 atom stereocenters. The molecule has 674 valence electrons. The van der Waals surface area contributed by atoms with Gasteiger partial charge in [0.15, 0.2) is 0 Å². The van der Waals surface area contributed by atoms with Crippen LogP contribution in [0, 0.1) is 0 Å². The van der Waals surface area contributed by atoms with Gasteiger partial charge in [0.25, 0.3) is 0 Å². The second-order valence-corrected chi connectivity index (χ2v) is 38.4. The van der Waals surface area contributed by atoms with Crippen LogP contribution in [0.3, 0.4) is 0 Å². The van der Waals surface area contributed by atoms with Gasteiger partial charge in [-0.15, -0.1) is 11.3 Å². The van der Waals surface area contributed by atoms with Crippen LogP contribution in [0.2, 0.25) is 0 Å². The van der Waals surface area contributed by atoms with E-state index in [1.54, 1.807) is 0 Å². The maximum absolute atomic E-state index is 6.55. The van der Waals surface area contributed by atoms with Gasteiger partial charge in [0.2, 0.25) is 0 Å². The van der Waals surface area contributed by atoms with Crippen LogP contribution >= 0.6 is 11.3 Å². The van der Waals surface area contributed by atoms with Crippen LogP contribution in [0.5, 0.6) is 0 Å². The molecule has 0 N–H and O–H groups in total. The average Bonchev–Trinajstić information content (AvgIpc) is 1.65. The molecule has 30 rings (SSSR count). The number of para-hydroxylation sites is 3. The molecule has 6 aromatic heterocycles. The standard InChI is InChI=1S/C52H32N2S.C44H26N2O.C40H25N3/c1-3-13-33(14-4-1)37-25-26-49-46(29-37)47-31-40(34-15-5-2-6-16-34)30-45(52(47)55-49)38-19-11-17-35(27-38)36-18-12-20-39(28-36)48-32-53-50-43-23-9-7-21-41(43)42-22-8-10-24-44(42)51(50)54-48;1-2-15-32-27(10-1)22-23-40-41(32)38-21-9-20-33(44(38)47-40)30-13-7-11-28(24-30)29-12-8-14-31(25-29)39-26-45-42-36-18-5-3-16-34(36)35-17-4-6-19-37(35)43(42)46-39;1-2-13-29(14-3-1)43-37-20-9-8-17-32(37)35-24-27(21-22-38(35)43)26-11-10-12-28(23-26)36-25-41-39-33-18-6-4-15-30(33)31-16-5-7-19-34(31)40(39)42-36/h1-32H;1-26H;1-25H. The van der Waals surface area contributed by atoms with Crippen LogP contribution in [0.15, 0.2) is 508 Å². The molecule has 0 bridgehead atoms. The van der Waals surface area contributed by atoms with Crippen molar-refractivity contribution in [2.75, 3.05) is 0 Å². The molecular weight excluding hydrogens is 1780 g/mol. The molecule has 8 nitrogen and oxygen atoms in total. The van der Waals surface area contributed by atoms with Gasteiger partial charge in [-0.05, 0) is 201 Å². The molecule has 145 heavy (non-hydrogen) atoms. The van der Waals surface area contributed by atoms with E-state index in [0.717, 1.165) is 155 Å². The first-order valence-corrected chi connectivity index (χ1v) is 50.0. The molecule has 0 radical (unpaired) electrons. The summed E-state index contributed by atoms with van der Waals surface area (Å²) >= 11 is 1.88. The first kappa shape index (κ1) is 84.0. The van der Waals surface area contributed by atoms with E-state index in [0.29, 0.717) is 0 Å². The molecule has 0 aliphatic rings. The Kier molecular flexibility index (Phi) is 20.3. The van der Waals surface area contributed by atoms with Crippen molar-refractivity contribution in [3.8, 4) is 117 Å². The van der Waals surface area contributed by atoms with E-state index in [-0.39, 0.29) is 0 Å². The van der Waals surface area contributed by atoms with Gasteiger partial charge in [0.05, 0.1) is 79.8 Å². The van der Waals surface area contributed by atoms with Crippen molar-refractivity contribution >= 4 is 184 Å². The minimum Gasteiger partial charge on any atom is -0.455 e. The summed E-state index contributed by atoms with van der Waals surface area (Å²) in [6.07, 6.45) is 5.75. The number of nitrogens with zero attached hydrogens (tertiary/aromatic N) is 7. The second kappa shape index (κ2) is 35.1. The number of hydrogen-bond acceptors (Lipinski definition) is 8. The molecule has 6 heterocycles. The minimum absolute atomic E-state index is 0.857. The maximum Gasteiger partial charge on any atom is 0.143 e. The zero-order chi connectivity index (χ0) is 95.5. The fraction of sp³-hybridized carbons (Fsp3) is 0. The summed E-state index contributed by atoms with van der Waals surface area (Å²) in [5, 5.41) is 23.8. The SMILES string of the molecule is c1cc(-c2cccc(-c3cccc4c3oc3ccc5ccccc5c34)c2)cc(-c2cnc3c4ccccc4c4ccccc4c3n2)c1.c1ccc(-c2ccc3sc4c(-c5cccc(-c6cccc(-c7cnc8c9ccccc9c9ccccc9c8n7)c6)c5)cc(-c5ccccc5)cc4c3c2)cc1.c1ccc(-n2c3ccccc3c3cc(-c4cccc(-c5cnc6c7ccccc7c7ccccc7c6n5)c4)ccc32)cc1. The van der Waals surface area contributed by atoms with E-state index in [1.165, 1.54) is 135 Å². The van der Waals surface area contributed by atoms with E-state index in [9.17, 15) is 0 Å². The van der Waals surface area contributed by atoms with E-state index in [2.05, 4.69) is 490 Å². The van der Waals surface area contributed by atoms with Crippen molar-refractivity contribution in [2.24, 2.45) is 0 Å². The molecule has 0 amide bonds. The van der Waals surface area contributed by atoms with Gasteiger partial charge in [0.1, 0.15) is 11.2 Å². The highest BCUT2D eigenvalue weighted by Crippen LogP contribution is 2.49. The molecule has 0 unspecified atom stereocenters. The number of rotatable bonds is 11. The lowest BCUT2D eigenvalue weighted by atomic mass is 9.93. The van der Waals surface area contributed by atoms with Gasteiger partial charge in [-0.2, -0.15) is 0 Å². The third kappa shape index (κ3) is 14.7. The Morgan fingerprint density at radius 2 is 0.531 bits per heavy atom. The Morgan fingerprint density at radius 3 is 1.02 bits per heavy atom. The lowest BCUT2D eigenvalue weighted by molar-refractivity contribution is 0.670. The lowest BCUT2D eigenvalue weighted by Crippen LogP contribution is -1.93. The number of thiophene rings is 1. The highest BCUT2D eigenvalue weighted by Gasteiger charge is 2.24. The van der Waals surface area contributed by atoms with Gasteiger partial charge in [0, 0.05) is 108 Å². The van der Waals surface area contributed by atoms with Crippen LogP contribution in [0.4, 0.5) is 0 Å². The van der Waals surface area contributed by atoms with Crippen molar-refractivity contribution in [3.05, 3.63) is 504 Å². The predicted molar refractivity (Wildman–Crippen MR) is 610 cm³/mol. The third-order valence-corrected chi connectivity index (χ3v) is 30.2. The molecule has 30 aromatic rings. The summed E-state index contributed by atoms with van der Waals surface area (Å²) in [4.78, 5) is 30.7. The van der Waals surface area contributed by atoms with Crippen LogP contribution in [-0.4, -0.2) is 34.5 Å². The van der Waals surface area contributed by atoms with Gasteiger partial charge >= 0.3 is 0 Å². The van der Waals surface area contributed by atoms with Crippen LogP contribution in [0.25, 0.3) is 290 Å². The second-order valence-electron chi connectivity index (χ2n) is 37.3. The molecular formula is C136H83N7OS. The highest BCUT2D eigenvalue weighted by molar-refractivity contribution is 7.26. The van der Waals surface area contributed by atoms with Crippen LogP contribution in [-0.2, 0) is 0 Å². The van der Waals surface area contributed by atoms with Gasteiger partial charge in [-0.25, -0.2) is 15.0 Å². The molecule has 0 spiro atoms. The number of furan rings is 1. The Bertz CT molecular complexity index is 10400. The van der Waals surface area contributed by atoms with Gasteiger partial charge < -0.3 is 8.98 Å². The van der Waals surface area contributed by atoms with Gasteiger partial charge in [-0.3, -0.25) is 15.0 Å². The van der Waals surface area contributed by atoms with Crippen molar-refractivity contribution < 1.29 is 4.42 Å². The van der Waals surface area contributed by atoms with E-state index in [1.807, 2.05) is 29.9 Å². The Balaban J connectivity index is 0.000000106. The average molecular weight is 1860 g/mol.